The SMILES string of the molecule is CCOC(=O)C(C)CC(C)(Cl)c1ccc(C2CCCCC2)cc1. The highest BCUT2D eigenvalue weighted by atomic mass is 35.5. The number of alkyl halides is 1. The molecule has 0 saturated heterocycles. The van der Waals surface area contributed by atoms with Crippen LogP contribution in [-0.4, -0.2) is 12.6 Å². The zero-order valence-corrected chi connectivity index (χ0v) is 15.4. The molecule has 2 atom stereocenters. The normalized spacial score (nSPS) is 19.8. The van der Waals surface area contributed by atoms with E-state index in [1.807, 2.05) is 20.8 Å². The molecule has 1 aliphatic carbocycles. The molecule has 0 spiro atoms. The van der Waals surface area contributed by atoms with Crippen molar-refractivity contribution in [3.63, 3.8) is 0 Å². The van der Waals surface area contributed by atoms with Gasteiger partial charge in [0.2, 0.25) is 0 Å². The largest absolute Gasteiger partial charge is 0.466 e. The Kier molecular flexibility index (Phi) is 6.52. The minimum absolute atomic E-state index is 0.168. The molecule has 128 valence electrons. The third-order valence-corrected chi connectivity index (χ3v) is 5.34. The second-order valence-electron chi connectivity index (χ2n) is 7.01. The maximum atomic E-state index is 11.8. The van der Waals surface area contributed by atoms with Gasteiger partial charge in [0, 0.05) is 0 Å². The van der Waals surface area contributed by atoms with Crippen molar-refractivity contribution in [2.45, 2.75) is 70.1 Å². The van der Waals surface area contributed by atoms with E-state index >= 15 is 0 Å². The molecule has 1 saturated carbocycles. The molecule has 0 amide bonds. The highest BCUT2D eigenvalue weighted by molar-refractivity contribution is 6.23. The Hall–Kier alpha value is -1.02. The zero-order valence-electron chi connectivity index (χ0n) is 14.6. The number of carbonyl (C=O) groups excluding carboxylic acids is 1. The van der Waals surface area contributed by atoms with E-state index in [-0.39, 0.29) is 11.9 Å². The molecule has 2 unspecified atom stereocenters. The predicted octanol–water partition coefficient (Wildman–Crippen LogP) is 5.78. The molecule has 2 nitrogen and oxygen atoms in total. The van der Waals surface area contributed by atoms with Crippen LogP contribution in [-0.2, 0) is 14.4 Å². The maximum absolute atomic E-state index is 11.8. The van der Waals surface area contributed by atoms with Gasteiger partial charge in [-0.3, -0.25) is 4.79 Å². The average Bonchev–Trinajstić information content (AvgIpc) is 2.55. The Labute approximate surface area is 145 Å². The second-order valence-corrected chi connectivity index (χ2v) is 7.85. The first-order valence-electron chi connectivity index (χ1n) is 8.90. The topological polar surface area (TPSA) is 26.3 Å². The quantitative estimate of drug-likeness (QED) is 0.486. The van der Waals surface area contributed by atoms with Crippen LogP contribution in [0.15, 0.2) is 24.3 Å². The van der Waals surface area contributed by atoms with Crippen molar-refractivity contribution in [2.75, 3.05) is 6.61 Å². The third-order valence-electron chi connectivity index (χ3n) is 4.97. The molecule has 1 aromatic rings. The van der Waals surface area contributed by atoms with E-state index in [0.717, 1.165) is 5.56 Å². The first kappa shape index (κ1) is 18.3. The van der Waals surface area contributed by atoms with Gasteiger partial charge in [-0.1, -0.05) is 50.5 Å². The number of hydrogen-bond donors (Lipinski definition) is 0. The molecule has 0 bridgehead atoms. The molecule has 0 aliphatic heterocycles. The number of halogens is 1. The van der Waals surface area contributed by atoms with Gasteiger partial charge in [-0.15, -0.1) is 11.6 Å². The Morgan fingerprint density at radius 2 is 1.87 bits per heavy atom. The minimum Gasteiger partial charge on any atom is -0.466 e. The van der Waals surface area contributed by atoms with E-state index in [2.05, 4.69) is 24.3 Å². The van der Waals surface area contributed by atoms with Crippen molar-refractivity contribution in [1.29, 1.82) is 0 Å². The standard InChI is InChI=1S/C20H29ClO2/c1-4-23-19(22)15(2)14-20(3,21)18-12-10-17(11-13-18)16-8-6-5-7-9-16/h10-13,15-16H,4-9,14H2,1-3H3. The summed E-state index contributed by atoms with van der Waals surface area (Å²) >= 11 is 6.73. The fourth-order valence-electron chi connectivity index (χ4n) is 3.60. The second kappa shape index (κ2) is 8.19. The summed E-state index contributed by atoms with van der Waals surface area (Å²) in [6.45, 7) is 6.11. The van der Waals surface area contributed by atoms with Crippen LogP contribution < -0.4 is 0 Å². The lowest BCUT2D eigenvalue weighted by Crippen LogP contribution is -2.24. The number of rotatable bonds is 6. The van der Waals surface area contributed by atoms with E-state index in [1.54, 1.807) is 0 Å². The third kappa shape index (κ3) is 4.97. The van der Waals surface area contributed by atoms with Gasteiger partial charge in [0.1, 0.15) is 0 Å². The van der Waals surface area contributed by atoms with Crippen LogP contribution >= 0.6 is 11.6 Å². The van der Waals surface area contributed by atoms with Gasteiger partial charge in [0.15, 0.2) is 0 Å². The summed E-state index contributed by atoms with van der Waals surface area (Å²) in [7, 11) is 0. The van der Waals surface area contributed by atoms with Crippen molar-refractivity contribution in [1.82, 2.24) is 0 Å². The van der Waals surface area contributed by atoms with E-state index in [9.17, 15) is 4.79 Å². The van der Waals surface area contributed by atoms with Gasteiger partial charge in [0.25, 0.3) is 0 Å². The van der Waals surface area contributed by atoms with Crippen LogP contribution in [0.1, 0.15) is 76.3 Å². The summed E-state index contributed by atoms with van der Waals surface area (Å²) in [4.78, 5) is 11.3. The van der Waals surface area contributed by atoms with Gasteiger partial charge in [-0.25, -0.2) is 0 Å². The molecule has 1 aromatic carbocycles. The van der Waals surface area contributed by atoms with Crippen molar-refractivity contribution in [3.05, 3.63) is 35.4 Å². The van der Waals surface area contributed by atoms with Gasteiger partial charge < -0.3 is 4.74 Å². The van der Waals surface area contributed by atoms with E-state index in [0.29, 0.717) is 18.9 Å². The Bertz CT molecular complexity index is 501. The molecule has 3 heteroatoms. The molecular weight excluding hydrogens is 308 g/mol. The zero-order chi connectivity index (χ0) is 16.9. The molecule has 0 N–H and O–H groups in total. The Morgan fingerprint density at radius 1 is 1.26 bits per heavy atom. The first-order chi connectivity index (χ1) is 10.9. The lowest BCUT2D eigenvalue weighted by molar-refractivity contribution is -0.147. The molecule has 2 rings (SSSR count). The summed E-state index contributed by atoms with van der Waals surface area (Å²) in [5.74, 6) is 0.339. The maximum Gasteiger partial charge on any atom is 0.308 e. The smallest absolute Gasteiger partial charge is 0.308 e. The van der Waals surface area contributed by atoms with Gasteiger partial charge in [0.05, 0.1) is 17.4 Å². The minimum atomic E-state index is -0.544. The van der Waals surface area contributed by atoms with Crippen LogP contribution in [0.4, 0.5) is 0 Å². The van der Waals surface area contributed by atoms with E-state index < -0.39 is 4.87 Å². The fourth-order valence-corrected chi connectivity index (χ4v) is 3.96. The molecule has 1 fully saturated rings. The van der Waals surface area contributed by atoms with Crippen molar-refractivity contribution in [2.24, 2.45) is 5.92 Å². The number of benzene rings is 1. The van der Waals surface area contributed by atoms with Crippen molar-refractivity contribution in [3.8, 4) is 0 Å². The summed E-state index contributed by atoms with van der Waals surface area (Å²) < 4.78 is 5.09. The first-order valence-corrected chi connectivity index (χ1v) is 9.28. The van der Waals surface area contributed by atoms with Crippen LogP contribution in [0.5, 0.6) is 0 Å². The van der Waals surface area contributed by atoms with Crippen LogP contribution in [0.2, 0.25) is 0 Å². The number of hydrogen-bond acceptors (Lipinski definition) is 2. The molecule has 23 heavy (non-hydrogen) atoms. The van der Waals surface area contributed by atoms with Crippen LogP contribution in [0, 0.1) is 5.92 Å². The van der Waals surface area contributed by atoms with Gasteiger partial charge >= 0.3 is 5.97 Å². The summed E-state index contributed by atoms with van der Waals surface area (Å²) in [6.07, 6.45) is 7.25. The lowest BCUT2D eigenvalue weighted by Gasteiger charge is -2.27. The van der Waals surface area contributed by atoms with Crippen LogP contribution in [0.3, 0.4) is 0 Å². The predicted molar refractivity (Wildman–Crippen MR) is 95.9 cm³/mol. The van der Waals surface area contributed by atoms with Crippen molar-refractivity contribution >= 4 is 17.6 Å². The summed E-state index contributed by atoms with van der Waals surface area (Å²) in [5.41, 5.74) is 2.51. The highest BCUT2D eigenvalue weighted by Crippen LogP contribution is 2.38. The van der Waals surface area contributed by atoms with E-state index in [4.69, 9.17) is 16.3 Å². The lowest BCUT2D eigenvalue weighted by atomic mass is 9.83. The monoisotopic (exact) mass is 336 g/mol. The summed E-state index contributed by atoms with van der Waals surface area (Å²) in [5, 5.41) is 0. The fraction of sp³-hybridized carbons (Fsp3) is 0.650. The molecule has 1 aliphatic rings. The Balaban J connectivity index is 2.03. The summed E-state index contributed by atoms with van der Waals surface area (Å²) in [6, 6.07) is 8.71. The molecule has 0 radical (unpaired) electrons. The average molecular weight is 337 g/mol. The van der Waals surface area contributed by atoms with Crippen molar-refractivity contribution < 1.29 is 9.53 Å². The van der Waals surface area contributed by atoms with Gasteiger partial charge in [-0.05, 0) is 50.2 Å². The highest BCUT2D eigenvalue weighted by Gasteiger charge is 2.30. The number of carbonyl (C=O) groups is 1. The van der Waals surface area contributed by atoms with Crippen LogP contribution in [0.25, 0.3) is 0 Å². The van der Waals surface area contributed by atoms with E-state index in [1.165, 1.54) is 37.7 Å². The number of esters is 1. The Morgan fingerprint density at radius 3 is 2.43 bits per heavy atom. The molecule has 0 aromatic heterocycles. The van der Waals surface area contributed by atoms with Gasteiger partial charge in [-0.2, -0.15) is 0 Å². The number of ether oxygens (including phenoxy) is 1. The molecule has 0 heterocycles. The molecular formula is C20H29ClO2.